The molecule has 0 radical (unpaired) electrons. The first kappa shape index (κ1) is 10.8. The van der Waals surface area contributed by atoms with E-state index in [1.807, 2.05) is 14.1 Å². The molecule has 0 saturated carbocycles. The first-order valence-electron chi connectivity index (χ1n) is 3.98. The molecule has 76 valence electrons. The number of rotatable bonds is 2. The molecule has 0 atom stereocenters. The molecule has 0 bridgehead atoms. The minimum absolute atomic E-state index is 0.275. The Bertz CT molecular complexity index is 353. The van der Waals surface area contributed by atoms with Gasteiger partial charge in [0.1, 0.15) is 11.0 Å². The van der Waals surface area contributed by atoms with Crippen LogP contribution in [0.5, 0.6) is 0 Å². The van der Waals surface area contributed by atoms with Gasteiger partial charge in [-0.05, 0) is 12.1 Å². The number of ether oxygens (including phenoxy) is 1. The summed E-state index contributed by atoms with van der Waals surface area (Å²) < 4.78 is 4.58. The number of carbonyl (C=O) groups is 1. The number of hydrogen-bond donors (Lipinski definition) is 0. The molecule has 0 amide bonds. The Balaban J connectivity index is 3.13. The maximum atomic E-state index is 11.2. The van der Waals surface area contributed by atoms with E-state index < -0.39 is 5.97 Å². The average Bonchev–Trinajstić information content (AvgIpc) is 2.15. The number of methoxy groups -OCH3 is 1. The molecule has 1 heterocycles. The second kappa shape index (κ2) is 4.28. The van der Waals surface area contributed by atoms with Crippen molar-refractivity contribution in [3.8, 4) is 0 Å². The molecule has 0 saturated heterocycles. The molecule has 0 fully saturated rings. The lowest BCUT2D eigenvalue weighted by atomic mass is 10.2. The Labute approximate surface area is 87.4 Å². The SMILES string of the molecule is COC(=O)c1cc(Cl)nc(N(C)C)c1. The van der Waals surface area contributed by atoms with Crippen LogP contribution in [0.2, 0.25) is 5.15 Å². The third-order valence-electron chi connectivity index (χ3n) is 1.66. The fourth-order valence-corrected chi connectivity index (χ4v) is 1.15. The van der Waals surface area contributed by atoms with Crippen LogP contribution in [0.4, 0.5) is 5.82 Å². The van der Waals surface area contributed by atoms with Gasteiger partial charge in [0.25, 0.3) is 0 Å². The van der Waals surface area contributed by atoms with Crippen LogP contribution in [0.1, 0.15) is 10.4 Å². The lowest BCUT2D eigenvalue weighted by Gasteiger charge is -2.12. The number of aromatic nitrogens is 1. The smallest absolute Gasteiger partial charge is 0.338 e. The van der Waals surface area contributed by atoms with Crippen molar-refractivity contribution in [2.45, 2.75) is 0 Å². The van der Waals surface area contributed by atoms with E-state index in [2.05, 4.69) is 9.72 Å². The molecule has 0 aromatic carbocycles. The Morgan fingerprint density at radius 2 is 2.14 bits per heavy atom. The van der Waals surface area contributed by atoms with E-state index in [1.54, 1.807) is 11.0 Å². The summed E-state index contributed by atoms with van der Waals surface area (Å²) in [5.74, 6) is 0.204. The first-order valence-corrected chi connectivity index (χ1v) is 4.35. The standard InChI is InChI=1S/C9H11ClN2O2/c1-12(2)8-5-6(9(13)14-3)4-7(10)11-8/h4-5H,1-3H3. The molecule has 0 N–H and O–H groups in total. The maximum Gasteiger partial charge on any atom is 0.338 e. The predicted molar refractivity (Wildman–Crippen MR) is 54.9 cm³/mol. The third kappa shape index (κ3) is 2.35. The van der Waals surface area contributed by atoms with Gasteiger partial charge >= 0.3 is 5.97 Å². The van der Waals surface area contributed by atoms with E-state index in [1.165, 1.54) is 13.2 Å². The van der Waals surface area contributed by atoms with Gasteiger partial charge in [0.15, 0.2) is 0 Å². The van der Waals surface area contributed by atoms with Crippen LogP contribution in [0.3, 0.4) is 0 Å². The highest BCUT2D eigenvalue weighted by Crippen LogP contribution is 2.16. The summed E-state index contributed by atoms with van der Waals surface area (Å²) in [5, 5.41) is 0.275. The number of pyridine rings is 1. The Hall–Kier alpha value is -1.29. The van der Waals surface area contributed by atoms with Gasteiger partial charge in [-0.25, -0.2) is 9.78 Å². The van der Waals surface area contributed by atoms with Gasteiger partial charge in [-0.3, -0.25) is 0 Å². The number of carbonyl (C=O) groups excluding carboxylic acids is 1. The summed E-state index contributed by atoms with van der Waals surface area (Å²) in [7, 11) is 4.96. The van der Waals surface area contributed by atoms with E-state index in [9.17, 15) is 4.79 Å². The fraction of sp³-hybridized carbons (Fsp3) is 0.333. The van der Waals surface area contributed by atoms with E-state index in [-0.39, 0.29) is 5.15 Å². The highest BCUT2D eigenvalue weighted by Gasteiger charge is 2.09. The predicted octanol–water partition coefficient (Wildman–Crippen LogP) is 1.59. The molecule has 0 spiro atoms. The van der Waals surface area contributed by atoms with E-state index in [0.717, 1.165) is 0 Å². The molecule has 4 nitrogen and oxygen atoms in total. The Kier molecular flexibility index (Phi) is 3.30. The van der Waals surface area contributed by atoms with Gasteiger partial charge in [0.2, 0.25) is 0 Å². The largest absolute Gasteiger partial charge is 0.465 e. The molecule has 0 unspecified atom stereocenters. The van der Waals surface area contributed by atoms with Crippen molar-refractivity contribution < 1.29 is 9.53 Å². The molecule has 0 aliphatic rings. The quantitative estimate of drug-likeness (QED) is 0.554. The lowest BCUT2D eigenvalue weighted by molar-refractivity contribution is 0.0600. The second-order valence-corrected chi connectivity index (χ2v) is 3.31. The van der Waals surface area contributed by atoms with Gasteiger partial charge in [-0.15, -0.1) is 0 Å². The number of halogens is 1. The minimum Gasteiger partial charge on any atom is -0.465 e. The van der Waals surface area contributed by atoms with Crippen LogP contribution in [0, 0.1) is 0 Å². The van der Waals surface area contributed by atoms with Crippen molar-refractivity contribution in [2.75, 3.05) is 26.1 Å². The summed E-state index contributed by atoms with van der Waals surface area (Å²) in [6.45, 7) is 0. The molecule has 0 aliphatic carbocycles. The van der Waals surface area contributed by atoms with Crippen molar-refractivity contribution in [3.63, 3.8) is 0 Å². The van der Waals surface area contributed by atoms with Crippen molar-refractivity contribution in [1.29, 1.82) is 0 Å². The zero-order valence-electron chi connectivity index (χ0n) is 8.24. The monoisotopic (exact) mass is 214 g/mol. The normalized spacial score (nSPS) is 9.71. The minimum atomic E-state index is -0.419. The van der Waals surface area contributed by atoms with E-state index in [0.29, 0.717) is 11.4 Å². The molecular formula is C9H11ClN2O2. The number of nitrogens with zero attached hydrogens (tertiary/aromatic N) is 2. The highest BCUT2D eigenvalue weighted by molar-refractivity contribution is 6.29. The zero-order valence-corrected chi connectivity index (χ0v) is 9.00. The lowest BCUT2D eigenvalue weighted by Crippen LogP contribution is -2.12. The zero-order chi connectivity index (χ0) is 10.7. The van der Waals surface area contributed by atoms with Crippen LogP contribution in [-0.4, -0.2) is 32.2 Å². The van der Waals surface area contributed by atoms with Crippen molar-refractivity contribution >= 4 is 23.4 Å². The molecule has 1 aromatic heterocycles. The maximum absolute atomic E-state index is 11.2. The van der Waals surface area contributed by atoms with Gasteiger partial charge in [0, 0.05) is 14.1 Å². The van der Waals surface area contributed by atoms with Gasteiger partial charge in [-0.2, -0.15) is 0 Å². The molecule has 5 heteroatoms. The Morgan fingerprint density at radius 1 is 1.50 bits per heavy atom. The van der Waals surface area contributed by atoms with Gasteiger partial charge < -0.3 is 9.64 Å². The van der Waals surface area contributed by atoms with Crippen LogP contribution in [0.15, 0.2) is 12.1 Å². The molecule has 1 rings (SSSR count). The number of hydrogen-bond acceptors (Lipinski definition) is 4. The summed E-state index contributed by atoms with van der Waals surface area (Å²) in [6, 6.07) is 3.10. The third-order valence-corrected chi connectivity index (χ3v) is 1.85. The van der Waals surface area contributed by atoms with Crippen LogP contribution >= 0.6 is 11.6 Å². The van der Waals surface area contributed by atoms with Crippen molar-refractivity contribution in [2.24, 2.45) is 0 Å². The van der Waals surface area contributed by atoms with Gasteiger partial charge in [0.05, 0.1) is 12.7 Å². The summed E-state index contributed by atoms with van der Waals surface area (Å²) in [5.41, 5.74) is 0.399. The van der Waals surface area contributed by atoms with Crippen LogP contribution < -0.4 is 4.90 Å². The van der Waals surface area contributed by atoms with Crippen LogP contribution in [-0.2, 0) is 4.74 Å². The summed E-state index contributed by atoms with van der Waals surface area (Å²) >= 11 is 5.75. The van der Waals surface area contributed by atoms with Gasteiger partial charge in [-0.1, -0.05) is 11.6 Å². The summed E-state index contributed by atoms with van der Waals surface area (Å²) in [6.07, 6.45) is 0. The van der Waals surface area contributed by atoms with E-state index in [4.69, 9.17) is 11.6 Å². The molecular weight excluding hydrogens is 204 g/mol. The van der Waals surface area contributed by atoms with Crippen LogP contribution in [0.25, 0.3) is 0 Å². The summed E-state index contributed by atoms with van der Waals surface area (Å²) in [4.78, 5) is 17.0. The van der Waals surface area contributed by atoms with Crippen molar-refractivity contribution in [3.05, 3.63) is 22.8 Å². The highest BCUT2D eigenvalue weighted by atomic mass is 35.5. The fourth-order valence-electron chi connectivity index (χ4n) is 0.948. The average molecular weight is 215 g/mol. The number of anilines is 1. The van der Waals surface area contributed by atoms with Crippen molar-refractivity contribution in [1.82, 2.24) is 4.98 Å². The first-order chi connectivity index (χ1) is 6.54. The molecule has 0 aliphatic heterocycles. The molecule has 1 aromatic rings. The second-order valence-electron chi connectivity index (χ2n) is 2.92. The van der Waals surface area contributed by atoms with E-state index >= 15 is 0 Å². The molecule has 14 heavy (non-hydrogen) atoms. The Morgan fingerprint density at radius 3 is 2.64 bits per heavy atom. The topological polar surface area (TPSA) is 42.4 Å². The number of esters is 1.